The van der Waals surface area contributed by atoms with E-state index in [4.69, 9.17) is 9.47 Å². The van der Waals surface area contributed by atoms with Crippen LogP contribution in [0.2, 0.25) is 0 Å². The first-order chi connectivity index (χ1) is 7.86. The Hall–Kier alpha value is -0.830. The van der Waals surface area contributed by atoms with E-state index in [0.717, 1.165) is 38.7 Å². The van der Waals surface area contributed by atoms with Gasteiger partial charge in [0.15, 0.2) is 0 Å². The Bertz CT molecular complexity index is 254. The Morgan fingerprint density at radius 2 is 2.25 bits per heavy atom. The Morgan fingerprint density at radius 1 is 1.31 bits per heavy atom. The number of rotatable bonds is 3. The third-order valence-electron chi connectivity index (χ3n) is 3.29. The van der Waals surface area contributed by atoms with Crippen molar-refractivity contribution in [2.45, 2.75) is 44.6 Å². The summed E-state index contributed by atoms with van der Waals surface area (Å²) >= 11 is 0. The second-order valence-electron chi connectivity index (χ2n) is 4.60. The summed E-state index contributed by atoms with van der Waals surface area (Å²) in [6, 6.07) is 0. The van der Waals surface area contributed by atoms with Gasteiger partial charge in [-0.2, -0.15) is 0 Å². The zero-order valence-corrected chi connectivity index (χ0v) is 9.69. The van der Waals surface area contributed by atoms with Crippen molar-refractivity contribution in [3.8, 4) is 0 Å². The summed E-state index contributed by atoms with van der Waals surface area (Å²) in [6.45, 7) is 1.26. The van der Waals surface area contributed by atoms with E-state index in [1.165, 1.54) is 6.42 Å². The highest BCUT2D eigenvalue weighted by atomic mass is 16.6. The van der Waals surface area contributed by atoms with Crippen molar-refractivity contribution >= 4 is 5.97 Å². The van der Waals surface area contributed by atoms with Crippen LogP contribution in [0.3, 0.4) is 0 Å². The molecule has 0 spiro atoms. The van der Waals surface area contributed by atoms with E-state index in [0.29, 0.717) is 6.61 Å². The van der Waals surface area contributed by atoms with Crippen molar-refractivity contribution in [2.75, 3.05) is 13.2 Å². The largest absolute Gasteiger partial charge is 0.463 e. The molecule has 1 aliphatic carbocycles. The van der Waals surface area contributed by atoms with E-state index in [1.807, 2.05) is 0 Å². The number of hydrogen-bond acceptors (Lipinski definition) is 3. The average molecular weight is 224 g/mol. The fourth-order valence-electron chi connectivity index (χ4n) is 2.24. The first kappa shape index (κ1) is 11.6. The first-order valence-electron chi connectivity index (χ1n) is 6.29. The fourth-order valence-corrected chi connectivity index (χ4v) is 2.24. The maximum atomic E-state index is 11.7. The molecule has 2 atom stereocenters. The van der Waals surface area contributed by atoms with Crippen LogP contribution >= 0.6 is 0 Å². The lowest BCUT2D eigenvalue weighted by Crippen LogP contribution is -2.28. The van der Waals surface area contributed by atoms with Crippen molar-refractivity contribution in [1.29, 1.82) is 0 Å². The zero-order valence-electron chi connectivity index (χ0n) is 9.69. The fraction of sp³-hybridized carbons (Fsp3) is 0.769. The summed E-state index contributed by atoms with van der Waals surface area (Å²) in [4.78, 5) is 11.7. The zero-order chi connectivity index (χ0) is 11.2. The van der Waals surface area contributed by atoms with Gasteiger partial charge < -0.3 is 9.47 Å². The van der Waals surface area contributed by atoms with Crippen molar-refractivity contribution in [3.05, 3.63) is 12.2 Å². The smallest absolute Gasteiger partial charge is 0.309 e. The average Bonchev–Trinajstić information content (AvgIpc) is 2.38. The van der Waals surface area contributed by atoms with Crippen molar-refractivity contribution in [3.63, 3.8) is 0 Å². The van der Waals surface area contributed by atoms with Crippen LogP contribution in [0.15, 0.2) is 12.2 Å². The molecule has 1 aliphatic heterocycles. The molecule has 2 aliphatic rings. The second-order valence-corrected chi connectivity index (χ2v) is 4.60. The molecule has 0 radical (unpaired) electrons. The molecule has 0 aromatic heterocycles. The van der Waals surface area contributed by atoms with E-state index < -0.39 is 0 Å². The van der Waals surface area contributed by atoms with E-state index in [-0.39, 0.29) is 18.0 Å². The van der Waals surface area contributed by atoms with Gasteiger partial charge in [-0.3, -0.25) is 4.79 Å². The number of carbonyl (C=O) groups excluding carboxylic acids is 1. The Balaban J connectivity index is 1.68. The normalized spacial score (nSPS) is 30.0. The van der Waals surface area contributed by atoms with Crippen LogP contribution in [-0.4, -0.2) is 25.3 Å². The van der Waals surface area contributed by atoms with Crippen LogP contribution < -0.4 is 0 Å². The Kier molecular flexibility index (Phi) is 4.40. The van der Waals surface area contributed by atoms with Gasteiger partial charge in [-0.25, -0.2) is 0 Å². The predicted molar refractivity (Wildman–Crippen MR) is 61.0 cm³/mol. The van der Waals surface area contributed by atoms with Crippen LogP contribution in [-0.2, 0) is 14.3 Å². The maximum absolute atomic E-state index is 11.7. The maximum Gasteiger partial charge on any atom is 0.309 e. The van der Waals surface area contributed by atoms with Crippen LogP contribution in [0.25, 0.3) is 0 Å². The summed E-state index contributed by atoms with van der Waals surface area (Å²) in [5.41, 5.74) is 0. The van der Waals surface area contributed by atoms with Gasteiger partial charge in [-0.1, -0.05) is 12.2 Å². The second kappa shape index (κ2) is 6.04. The molecule has 16 heavy (non-hydrogen) atoms. The van der Waals surface area contributed by atoms with Gasteiger partial charge >= 0.3 is 5.97 Å². The van der Waals surface area contributed by atoms with Crippen molar-refractivity contribution in [2.24, 2.45) is 5.92 Å². The molecule has 3 nitrogen and oxygen atoms in total. The lowest BCUT2D eigenvalue weighted by molar-refractivity contribution is -0.154. The van der Waals surface area contributed by atoms with Crippen LogP contribution in [0.4, 0.5) is 0 Å². The van der Waals surface area contributed by atoms with Crippen LogP contribution in [0, 0.1) is 5.92 Å². The van der Waals surface area contributed by atoms with Crippen molar-refractivity contribution < 1.29 is 14.3 Å². The molecule has 1 fully saturated rings. The number of esters is 1. The lowest BCUT2D eigenvalue weighted by Gasteiger charge is -2.23. The highest BCUT2D eigenvalue weighted by molar-refractivity contribution is 5.72. The molecule has 0 aromatic rings. The molecule has 0 amide bonds. The molecule has 3 heteroatoms. The van der Waals surface area contributed by atoms with Crippen LogP contribution in [0.5, 0.6) is 0 Å². The minimum atomic E-state index is -0.0430. The monoisotopic (exact) mass is 224 g/mol. The van der Waals surface area contributed by atoms with Gasteiger partial charge in [-0.05, 0) is 38.5 Å². The first-order valence-corrected chi connectivity index (χ1v) is 6.29. The molecule has 1 saturated heterocycles. The van der Waals surface area contributed by atoms with E-state index >= 15 is 0 Å². The minimum absolute atomic E-state index is 0.0430. The highest BCUT2D eigenvalue weighted by Crippen LogP contribution is 2.20. The van der Waals surface area contributed by atoms with Gasteiger partial charge in [0.25, 0.3) is 0 Å². The summed E-state index contributed by atoms with van der Waals surface area (Å²) in [7, 11) is 0. The van der Waals surface area contributed by atoms with Gasteiger partial charge in [0.05, 0.1) is 12.0 Å². The quantitative estimate of drug-likeness (QED) is 0.545. The molecular weight excluding hydrogens is 204 g/mol. The molecule has 2 unspecified atom stereocenters. The lowest BCUT2D eigenvalue weighted by atomic mass is 9.95. The number of carbonyl (C=O) groups is 1. The van der Waals surface area contributed by atoms with E-state index in [1.54, 1.807) is 0 Å². The van der Waals surface area contributed by atoms with Gasteiger partial charge in [-0.15, -0.1) is 0 Å². The molecule has 90 valence electrons. The third-order valence-corrected chi connectivity index (χ3v) is 3.29. The predicted octanol–water partition coefficient (Wildman–Crippen LogP) is 2.46. The molecule has 0 aromatic carbocycles. The SMILES string of the molecule is O=C(OCC1CCCCO1)C1CC=CCC1. The number of hydrogen-bond donors (Lipinski definition) is 0. The van der Waals surface area contributed by atoms with E-state index in [2.05, 4.69) is 12.2 Å². The standard InChI is InChI=1S/C13H20O3/c14-13(11-6-2-1-3-7-11)16-10-12-8-4-5-9-15-12/h1-2,11-12H,3-10H2. The van der Waals surface area contributed by atoms with Gasteiger partial charge in [0, 0.05) is 6.61 Å². The molecule has 0 N–H and O–H groups in total. The van der Waals surface area contributed by atoms with Crippen LogP contribution in [0.1, 0.15) is 38.5 Å². The molecule has 0 bridgehead atoms. The summed E-state index contributed by atoms with van der Waals surface area (Å²) in [6.07, 6.45) is 10.5. The molecule has 0 saturated carbocycles. The third kappa shape index (κ3) is 3.34. The Morgan fingerprint density at radius 3 is 2.94 bits per heavy atom. The summed E-state index contributed by atoms with van der Waals surface area (Å²) < 4.78 is 10.8. The minimum Gasteiger partial charge on any atom is -0.463 e. The summed E-state index contributed by atoms with van der Waals surface area (Å²) in [5, 5.41) is 0. The van der Waals surface area contributed by atoms with Gasteiger partial charge in [0.1, 0.15) is 6.61 Å². The van der Waals surface area contributed by atoms with Crippen molar-refractivity contribution in [1.82, 2.24) is 0 Å². The molecular formula is C13H20O3. The topological polar surface area (TPSA) is 35.5 Å². The molecule has 2 rings (SSSR count). The Labute approximate surface area is 96.8 Å². The highest BCUT2D eigenvalue weighted by Gasteiger charge is 2.22. The number of allylic oxidation sites excluding steroid dienone is 2. The van der Waals surface area contributed by atoms with E-state index in [9.17, 15) is 4.79 Å². The number of ether oxygens (including phenoxy) is 2. The molecule has 1 heterocycles. The van der Waals surface area contributed by atoms with Gasteiger partial charge in [0.2, 0.25) is 0 Å². The summed E-state index contributed by atoms with van der Waals surface area (Å²) in [5.74, 6) is 0.0344.